The number of aliphatic imine (C=N–C) groups is 1. The lowest BCUT2D eigenvalue weighted by Crippen LogP contribution is -2.42. The van der Waals surface area contributed by atoms with Gasteiger partial charge in [-0.15, -0.1) is 0 Å². The zero-order valence-corrected chi connectivity index (χ0v) is 15.4. The van der Waals surface area contributed by atoms with E-state index in [9.17, 15) is 0 Å². The van der Waals surface area contributed by atoms with Crippen molar-refractivity contribution < 1.29 is 4.52 Å². The number of nitrogens with zero attached hydrogens (tertiary/aromatic N) is 3. The lowest BCUT2D eigenvalue weighted by molar-refractivity contribution is 0.371. The maximum atomic E-state index is 5.24. The topological polar surface area (TPSA) is 75.3 Å². The van der Waals surface area contributed by atoms with Gasteiger partial charge in [-0.05, 0) is 13.3 Å². The average Bonchev–Trinajstić information content (AvgIpc) is 2.99. The fourth-order valence-corrected chi connectivity index (χ4v) is 2.27. The molecule has 1 rings (SSSR count). The Balaban J connectivity index is 2.25. The minimum Gasteiger partial charge on any atom is -0.356 e. The summed E-state index contributed by atoms with van der Waals surface area (Å²) in [5.74, 6) is 2.56. The molecule has 6 nitrogen and oxygen atoms in total. The number of hydrogen-bond acceptors (Lipinski definition) is 4. The summed E-state index contributed by atoms with van der Waals surface area (Å²) in [6.07, 6.45) is 7.04. The van der Waals surface area contributed by atoms with Crippen LogP contribution < -0.4 is 10.6 Å². The van der Waals surface area contributed by atoms with Crippen molar-refractivity contribution in [1.82, 2.24) is 20.8 Å². The monoisotopic (exact) mass is 323 g/mol. The Morgan fingerprint density at radius 3 is 2.61 bits per heavy atom. The molecule has 0 amide bonds. The quantitative estimate of drug-likeness (QED) is 0.393. The lowest BCUT2D eigenvalue weighted by Gasteiger charge is -2.17. The second kappa shape index (κ2) is 11.0. The van der Waals surface area contributed by atoms with E-state index in [4.69, 9.17) is 4.52 Å². The van der Waals surface area contributed by atoms with Gasteiger partial charge in [-0.3, -0.25) is 4.99 Å². The van der Waals surface area contributed by atoms with Crippen LogP contribution in [-0.2, 0) is 6.42 Å². The highest BCUT2D eigenvalue weighted by atomic mass is 16.5. The third kappa shape index (κ3) is 8.00. The first-order valence-electron chi connectivity index (χ1n) is 8.86. The standard InChI is InChI=1S/C17H33N5O/c1-6-7-8-9-10-14(4)20-17(18-5)19-12-11-15-21-16(13(2)3)22-23-15/h13-14H,6-12H2,1-5H3,(H2,18,19,20). The Hall–Kier alpha value is -1.59. The van der Waals surface area contributed by atoms with Crippen molar-refractivity contribution in [3.05, 3.63) is 11.7 Å². The van der Waals surface area contributed by atoms with E-state index in [-0.39, 0.29) is 0 Å². The Bertz CT molecular complexity index is 456. The van der Waals surface area contributed by atoms with Gasteiger partial charge in [-0.1, -0.05) is 51.6 Å². The average molecular weight is 323 g/mol. The fourth-order valence-electron chi connectivity index (χ4n) is 2.27. The Morgan fingerprint density at radius 1 is 1.22 bits per heavy atom. The minimum absolute atomic E-state index is 0.295. The first-order chi connectivity index (χ1) is 11.1. The molecule has 0 aliphatic carbocycles. The van der Waals surface area contributed by atoms with Crippen molar-refractivity contribution in [2.75, 3.05) is 13.6 Å². The van der Waals surface area contributed by atoms with E-state index in [1.165, 1.54) is 32.1 Å². The van der Waals surface area contributed by atoms with Crippen LogP contribution in [0.1, 0.15) is 77.4 Å². The highest BCUT2D eigenvalue weighted by molar-refractivity contribution is 5.79. The van der Waals surface area contributed by atoms with E-state index in [2.05, 4.69) is 53.5 Å². The molecule has 0 bridgehead atoms. The Morgan fingerprint density at radius 2 is 2.00 bits per heavy atom. The number of nitrogens with one attached hydrogen (secondary N) is 2. The van der Waals surface area contributed by atoms with Crippen molar-refractivity contribution in [2.24, 2.45) is 4.99 Å². The first-order valence-corrected chi connectivity index (χ1v) is 8.86. The number of aromatic nitrogens is 2. The molecule has 2 N–H and O–H groups in total. The van der Waals surface area contributed by atoms with E-state index in [0.29, 0.717) is 24.3 Å². The Labute approximate surface area is 140 Å². The Kier molecular flexibility index (Phi) is 9.33. The van der Waals surface area contributed by atoms with Crippen molar-refractivity contribution in [1.29, 1.82) is 0 Å². The third-order valence-corrected chi connectivity index (χ3v) is 3.73. The molecule has 1 heterocycles. The third-order valence-electron chi connectivity index (χ3n) is 3.73. The lowest BCUT2D eigenvalue weighted by atomic mass is 10.1. The van der Waals surface area contributed by atoms with Crippen LogP contribution in [0.2, 0.25) is 0 Å². The maximum Gasteiger partial charge on any atom is 0.228 e. The van der Waals surface area contributed by atoms with Gasteiger partial charge in [0, 0.05) is 32.0 Å². The molecule has 1 unspecified atom stereocenters. The zero-order chi connectivity index (χ0) is 17.1. The van der Waals surface area contributed by atoms with E-state index in [0.717, 1.165) is 18.3 Å². The molecule has 1 aromatic heterocycles. The van der Waals surface area contributed by atoms with Crippen molar-refractivity contribution in [3.63, 3.8) is 0 Å². The predicted molar refractivity (Wildman–Crippen MR) is 94.8 cm³/mol. The van der Waals surface area contributed by atoms with Gasteiger partial charge < -0.3 is 15.2 Å². The van der Waals surface area contributed by atoms with Gasteiger partial charge >= 0.3 is 0 Å². The molecule has 0 spiro atoms. The predicted octanol–water partition coefficient (Wildman–Crippen LogP) is 3.26. The molecule has 132 valence electrons. The molecule has 0 aliphatic rings. The molecule has 0 saturated carbocycles. The molecule has 6 heteroatoms. The summed E-state index contributed by atoms with van der Waals surface area (Å²) in [6.45, 7) is 9.27. The van der Waals surface area contributed by atoms with Crippen molar-refractivity contribution in [3.8, 4) is 0 Å². The number of guanidine groups is 1. The van der Waals surface area contributed by atoms with Gasteiger partial charge in [0.2, 0.25) is 5.89 Å². The summed E-state index contributed by atoms with van der Waals surface area (Å²) >= 11 is 0. The molecule has 0 saturated heterocycles. The van der Waals surface area contributed by atoms with E-state index < -0.39 is 0 Å². The fraction of sp³-hybridized carbons (Fsp3) is 0.824. The van der Waals surface area contributed by atoms with E-state index in [1.54, 1.807) is 7.05 Å². The molecular weight excluding hydrogens is 290 g/mol. The number of hydrogen-bond donors (Lipinski definition) is 2. The summed E-state index contributed by atoms with van der Waals surface area (Å²) < 4.78 is 5.24. The number of rotatable bonds is 10. The van der Waals surface area contributed by atoms with Gasteiger partial charge in [0.05, 0.1) is 0 Å². The molecular formula is C17H33N5O. The van der Waals surface area contributed by atoms with Crippen LogP contribution in [0.25, 0.3) is 0 Å². The molecule has 0 aromatic carbocycles. The smallest absolute Gasteiger partial charge is 0.228 e. The summed E-state index contributed by atoms with van der Waals surface area (Å²) in [7, 11) is 1.79. The normalized spacial score (nSPS) is 13.4. The summed E-state index contributed by atoms with van der Waals surface area (Å²) in [4.78, 5) is 8.64. The highest BCUT2D eigenvalue weighted by Crippen LogP contribution is 2.09. The van der Waals surface area contributed by atoms with Crippen molar-refractivity contribution >= 4 is 5.96 Å². The molecule has 1 aromatic rings. The van der Waals surface area contributed by atoms with Crippen LogP contribution in [0.5, 0.6) is 0 Å². The van der Waals surface area contributed by atoms with Gasteiger partial charge in [0.1, 0.15) is 0 Å². The van der Waals surface area contributed by atoms with E-state index >= 15 is 0 Å². The summed E-state index contributed by atoms with van der Waals surface area (Å²) in [5.41, 5.74) is 0. The summed E-state index contributed by atoms with van der Waals surface area (Å²) in [6, 6.07) is 0.425. The van der Waals surface area contributed by atoms with Crippen LogP contribution >= 0.6 is 0 Å². The van der Waals surface area contributed by atoms with Crippen LogP contribution in [0.3, 0.4) is 0 Å². The molecule has 1 atom stereocenters. The second-order valence-electron chi connectivity index (χ2n) is 6.34. The molecule has 0 aliphatic heterocycles. The van der Waals surface area contributed by atoms with Gasteiger partial charge in [0.15, 0.2) is 11.8 Å². The van der Waals surface area contributed by atoms with E-state index in [1.807, 2.05) is 0 Å². The van der Waals surface area contributed by atoms with Crippen LogP contribution in [-0.4, -0.2) is 35.7 Å². The highest BCUT2D eigenvalue weighted by Gasteiger charge is 2.10. The number of unbranched alkanes of at least 4 members (excludes halogenated alkanes) is 3. The van der Waals surface area contributed by atoms with Gasteiger partial charge in [0.25, 0.3) is 0 Å². The maximum absolute atomic E-state index is 5.24. The van der Waals surface area contributed by atoms with Crippen LogP contribution in [0, 0.1) is 0 Å². The molecule has 23 heavy (non-hydrogen) atoms. The van der Waals surface area contributed by atoms with Gasteiger partial charge in [-0.25, -0.2) is 0 Å². The van der Waals surface area contributed by atoms with Crippen molar-refractivity contribution in [2.45, 2.75) is 78.2 Å². The summed E-state index contributed by atoms with van der Waals surface area (Å²) in [5, 5.41) is 10.7. The zero-order valence-electron chi connectivity index (χ0n) is 15.4. The molecule has 0 fully saturated rings. The second-order valence-corrected chi connectivity index (χ2v) is 6.34. The molecule has 0 radical (unpaired) electrons. The SMILES string of the molecule is CCCCCCC(C)NC(=NC)NCCc1nc(C(C)C)no1. The largest absolute Gasteiger partial charge is 0.356 e. The van der Waals surface area contributed by atoms with Crippen LogP contribution in [0.15, 0.2) is 9.52 Å². The van der Waals surface area contributed by atoms with Crippen LogP contribution in [0.4, 0.5) is 0 Å². The first kappa shape index (κ1) is 19.5. The minimum atomic E-state index is 0.295. The van der Waals surface area contributed by atoms with Gasteiger partial charge in [-0.2, -0.15) is 4.98 Å².